The van der Waals surface area contributed by atoms with Gasteiger partial charge in [-0.3, -0.25) is 4.79 Å². The first-order chi connectivity index (χ1) is 10.4. The van der Waals surface area contributed by atoms with Gasteiger partial charge in [0.2, 0.25) is 0 Å². The summed E-state index contributed by atoms with van der Waals surface area (Å²) >= 11 is 4.99. The van der Waals surface area contributed by atoms with Crippen LogP contribution in [0.4, 0.5) is 0 Å². The second kappa shape index (κ2) is 17.6. The molecule has 0 spiro atoms. The van der Waals surface area contributed by atoms with Gasteiger partial charge in [-0.25, -0.2) is 0 Å². The summed E-state index contributed by atoms with van der Waals surface area (Å²) < 4.78 is 10.3. The molecular weight excluding hydrogens is 314 g/mol. The lowest BCUT2D eigenvalue weighted by Crippen LogP contribution is -2.55. The lowest BCUT2D eigenvalue weighted by molar-refractivity contribution is -0.364. The molecule has 0 saturated carbocycles. The molecule has 0 amide bonds. The first-order valence-electron chi connectivity index (χ1n) is 6.76. The van der Waals surface area contributed by atoms with Crippen molar-refractivity contribution in [2.45, 2.75) is 13.3 Å². The van der Waals surface area contributed by atoms with E-state index in [9.17, 15) is 4.79 Å². The molecule has 0 radical (unpaired) electrons. The van der Waals surface area contributed by atoms with Gasteiger partial charge in [0.1, 0.15) is 0 Å². The van der Waals surface area contributed by atoms with E-state index in [1.165, 1.54) is 0 Å². The smallest absolute Gasteiger partial charge is 0.305 e. The van der Waals surface area contributed by atoms with E-state index in [0.717, 1.165) is 20.0 Å². The fourth-order valence-electron chi connectivity index (χ4n) is 0.983. The van der Waals surface area contributed by atoms with Gasteiger partial charge in [-0.2, -0.15) is 0 Å². The molecule has 22 heavy (non-hydrogen) atoms. The quantitative estimate of drug-likeness (QED) is 0.228. The molecule has 130 valence electrons. The Kier molecular flexibility index (Phi) is 18.2. The van der Waals surface area contributed by atoms with Crippen LogP contribution in [0.1, 0.15) is 13.3 Å². The largest absolute Gasteiger partial charge is 0.550 e. The van der Waals surface area contributed by atoms with Crippen molar-refractivity contribution in [1.82, 2.24) is 10.6 Å². The molecule has 0 aromatic heterocycles. The molecule has 0 saturated heterocycles. The van der Waals surface area contributed by atoms with E-state index in [4.69, 9.17) is 36.7 Å². The molecule has 6 N–H and O–H groups in total. The molecule has 0 atom stereocenters. The third-order valence-electron chi connectivity index (χ3n) is 1.83. The molecule has 0 aromatic carbocycles. The number of hydrogen-bond donors (Lipinski definition) is 4. The number of carboxylic acids is 2. The van der Waals surface area contributed by atoms with Crippen molar-refractivity contribution in [3.8, 4) is 0 Å². The zero-order valence-electron chi connectivity index (χ0n) is 12.8. The van der Waals surface area contributed by atoms with Crippen LogP contribution < -0.4 is 21.5 Å². The first kappa shape index (κ1) is 22.8. The molecular formula is C12H25N3O6S. The second-order valence-corrected chi connectivity index (χ2v) is 4.30. The van der Waals surface area contributed by atoms with E-state index < -0.39 is 11.9 Å². The highest BCUT2D eigenvalue weighted by Crippen LogP contribution is 1.83. The Morgan fingerprint density at radius 2 is 1.64 bits per heavy atom. The number of hydrogen-bond acceptors (Lipinski definition) is 6. The normalized spacial score (nSPS) is 9.36. The fraction of sp³-hybridized carbons (Fsp3) is 0.750. The highest BCUT2D eigenvalue weighted by Gasteiger charge is 1.96. The summed E-state index contributed by atoms with van der Waals surface area (Å²) in [6.07, 6.45) is 0.0216. The van der Waals surface area contributed by atoms with E-state index in [1.807, 2.05) is 0 Å². The topological polar surface area (TPSA) is 148 Å². The zero-order chi connectivity index (χ0) is 17.2. The summed E-state index contributed by atoms with van der Waals surface area (Å²) in [5.41, 5.74) is 3.69. The number of nitrogens with one attached hydrogen (secondary N) is 2. The Bertz CT molecular complexity index is 313. The minimum atomic E-state index is -1.08. The van der Waals surface area contributed by atoms with Crippen molar-refractivity contribution < 1.29 is 35.0 Å². The molecule has 0 unspecified atom stereocenters. The van der Waals surface area contributed by atoms with Crippen LogP contribution in [0.2, 0.25) is 0 Å². The fourth-order valence-corrected chi connectivity index (χ4v) is 1.19. The van der Waals surface area contributed by atoms with Gasteiger partial charge in [0.25, 0.3) is 0 Å². The van der Waals surface area contributed by atoms with Crippen molar-refractivity contribution in [3.05, 3.63) is 0 Å². The van der Waals surface area contributed by atoms with Crippen LogP contribution in [0.5, 0.6) is 0 Å². The average molecular weight is 339 g/mol. The number of ether oxygens (including phenoxy) is 2. The Labute approximate surface area is 135 Å². The average Bonchev–Trinajstić information content (AvgIpc) is 2.42. The number of carbonyl (C=O) groups is 2. The summed E-state index contributed by atoms with van der Waals surface area (Å²) in [5, 5.41) is 23.8. The van der Waals surface area contributed by atoms with Crippen LogP contribution in [0.15, 0.2) is 0 Å². The summed E-state index contributed by atoms with van der Waals surface area (Å²) in [6, 6.07) is 0. The minimum Gasteiger partial charge on any atom is -0.550 e. The summed E-state index contributed by atoms with van der Waals surface area (Å²) in [7, 11) is 0. The van der Waals surface area contributed by atoms with Crippen LogP contribution >= 0.6 is 12.2 Å². The Balaban J connectivity index is 0. The molecule has 0 rings (SSSR count). The zero-order valence-corrected chi connectivity index (χ0v) is 13.6. The second-order valence-electron chi connectivity index (χ2n) is 3.90. The number of carboxylic acid groups (broad SMARTS) is 2. The van der Waals surface area contributed by atoms with Crippen molar-refractivity contribution in [1.29, 1.82) is 0 Å². The van der Waals surface area contributed by atoms with E-state index in [2.05, 4.69) is 16.4 Å². The lowest BCUT2D eigenvalue weighted by atomic mass is 10.5. The maximum Gasteiger partial charge on any atom is 0.305 e. The maximum atomic E-state index is 10.2. The predicted octanol–water partition coefficient (Wildman–Crippen LogP) is -3.04. The molecule has 0 aliphatic heterocycles. The van der Waals surface area contributed by atoms with Gasteiger partial charge >= 0.3 is 5.97 Å². The van der Waals surface area contributed by atoms with Gasteiger partial charge in [0.15, 0.2) is 5.11 Å². The highest BCUT2D eigenvalue weighted by molar-refractivity contribution is 7.80. The SMILES string of the molecule is CC(=O)[O-].[NH3+]CCNC(=S)NCCOCCOCCC(=O)O. The summed E-state index contributed by atoms with van der Waals surface area (Å²) in [4.78, 5) is 19.1. The molecule has 0 bridgehead atoms. The van der Waals surface area contributed by atoms with Crippen molar-refractivity contribution in [3.63, 3.8) is 0 Å². The van der Waals surface area contributed by atoms with Crippen molar-refractivity contribution >= 4 is 29.3 Å². The summed E-state index contributed by atoms with van der Waals surface area (Å²) in [6.45, 7) is 4.72. The molecule has 0 fully saturated rings. The maximum absolute atomic E-state index is 10.2. The monoisotopic (exact) mass is 339 g/mol. The van der Waals surface area contributed by atoms with Crippen LogP contribution in [0.3, 0.4) is 0 Å². The number of carbonyl (C=O) groups excluding carboxylic acids is 1. The molecule has 10 heteroatoms. The first-order valence-corrected chi connectivity index (χ1v) is 7.16. The van der Waals surface area contributed by atoms with E-state index >= 15 is 0 Å². The lowest BCUT2D eigenvalue weighted by Gasteiger charge is -2.09. The van der Waals surface area contributed by atoms with Gasteiger partial charge in [-0.1, -0.05) is 0 Å². The number of thiocarbonyl (C=S) groups is 1. The van der Waals surface area contributed by atoms with Crippen LogP contribution in [0, 0.1) is 0 Å². The van der Waals surface area contributed by atoms with Gasteiger partial charge < -0.3 is 40.8 Å². The van der Waals surface area contributed by atoms with Crippen LogP contribution in [-0.2, 0) is 19.1 Å². The number of aliphatic carboxylic acids is 2. The Hall–Kier alpha value is -1.49. The molecule has 0 aliphatic carbocycles. The van der Waals surface area contributed by atoms with Gasteiger partial charge in [0.05, 0.1) is 45.9 Å². The molecule has 0 aromatic rings. The van der Waals surface area contributed by atoms with Gasteiger partial charge in [-0.05, 0) is 19.1 Å². The minimum absolute atomic E-state index is 0.0216. The molecule has 9 nitrogen and oxygen atoms in total. The Morgan fingerprint density at radius 1 is 1.14 bits per heavy atom. The molecule has 0 aliphatic rings. The Morgan fingerprint density at radius 3 is 2.14 bits per heavy atom. The number of quaternary nitrogens is 1. The standard InChI is InChI=1S/C10H21N3O4S.C2H4O2/c11-2-3-12-10(18)13-4-6-17-8-7-16-5-1-9(14)15;1-2(3)4/h1-8,11H2,(H,14,15)(H2,12,13,18);1H3,(H,3,4). The van der Waals surface area contributed by atoms with Gasteiger partial charge in [0, 0.05) is 12.5 Å². The number of rotatable bonds is 11. The summed E-state index contributed by atoms with van der Waals surface area (Å²) in [5.74, 6) is -1.94. The van der Waals surface area contributed by atoms with Crippen molar-refractivity contribution in [2.24, 2.45) is 0 Å². The van der Waals surface area contributed by atoms with E-state index in [-0.39, 0.29) is 13.0 Å². The third kappa shape index (κ3) is 27.0. The molecule has 0 heterocycles. The van der Waals surface area contributed by atoms with Gasteiger partial charge in [-0.15, -0.1) is 0 Å². The van der Waals surface area contributed by atoms with Crippen LogP contribution in [0.25, 0.3) is 0 Å². The van der Waals surface area contributed by atoms with E-state index in [1.54, 1.807) is 0 Å². The predicted molar refractivity (Wildman–Crippen MR) is 80.9 cm³/mol. The highest BCUT2D eigenvalue weighted by atomic mass is 32.1. The van der Waals surface area contributed by atoms with Crippen molar-refractivity contribution in [2.75, 3.05) is 46.1 Å². The van der Waals surface area contributed by atoms with E-state index in [0.29, 0.717) is 31.5 Å². The third-order valence-corrected chi connectivity index (χ3v) is 2.12. The van der Waals surface area contributed by atoms with Crippen LogP contribution in [-0.4, -0.2) is 68.2 Å².